The van der Waals surface area contributed by atoms with Gasteiger partial charge in [-0.25, -0.2) is 0 Å². The van der Waals surface area contributed by atoms with Gasteiger partial charge in [0.15, 0.2) is 0 Å². The number of hydrogen-bond donors (Lipinski definition) is 1. The van der Waals surface area contributed by atoms with Crippen LogP contribution in [0.25, 0.3) is 0 Å². The Bertz CT molecular complexity index is 596. The molecule has 2 atom stereocenters. The Labute approximate surface area is 149 Å². The van der Waals surface area contributed by atoms with Crippen LogP contribution in [0.15, 0.2) is 24.3 Å². The van der Waals surface area contributed by atoms with E-state index in [4.69, 9.17) is 4.74 Å². The van der Waals surface area contributed by atoms with Crippen LogP contribution in [0.1, 0.15) is 24.0 Å². The third kappa shape index (κ3) is 3.73. The lowest BCUT2D eigenvalue weighted by molar-refractivity contribution is -0.132. The zero-order valence-electron chi connectivity index (χ0n) is 14.8. The summed E-state index contributed by atoms with van der Waals surface area (Å²) in [6.07, 6.45) is 3.31. The smallest absolute Gasteiger partial charge is 0.222 e. The summed E-state index contributed by atoms with van der Waals surface area (Å²) in [4.78, 5) is 17.1. The minimum atomic E-state index is -0.390. The van der Waals surface area contributed by atoms with Crippen LogP contribution in [-0.4, -0.2) is 72.4 Å². The maximum atomic E-state index is 12.8. The Balaban J connectivity index is 1.30. The van der Waals surface area contributed by atoms with Gasteiger partial charge in [-0.05, 0) is 36.3 Å². The molecule has 2 fully saturated rings. The Morgan fingerprint density at radius 2 is 1.84 bits per heavy atom. The molecule has 4 rings (SSSR count). The van der Waals surface area contributed by atoms with E-state index in [1.807, 2.05) is 4.90 Å². The Kier molecular flexibility index (Phi) is 5.06. The highest BCUT2D eigenvalue weighted by Crippen LogP contribution is 2.29. The van der Waals surface area contributed by atoms with Crippen molar-refractivity contribution in [2.75, 3.05) is 39.4 Å². The first-order chi connectivity index (χ1) is 12.2. The van der Waals surface area contributed by atoms with Crippen LogP contribution in [0.2, 0.25) is 0 Å². The molecule has 1 aliphatic carbocycles. The fourth-order valence-corrected chi connectivity index (χ4v) is 4.57. The third-order valence-corrected chi connectivity index (χ3v) is 5.97. The van der Waals surface area contributed by atoms with Gasteiger partial charge in [-0.15, -0.1) is 0 Å². The first kappa shape index (κ1) is 17.0. The first-order valence-corrected chi connectivity index (χ1v) is 9.55. The van der Waals surface area contributed by atoms with E-state index in [0.717, 1.165) is 45.4 Å². The molecular formula is C20H28N2O3. The molecule has 1 aromatic rings. The molecule has 2 saturated heterocycles. The number of rotatable bonds is 3. The highest BCUT2D eigenvalue weighted by Gasteiger charge is 2.33. The van der Waals surface area contributed by atoms with E-state index in [9.17, 15) is 9.90 Å². The summed E-state index contributed by atoms with van der Waals surface area (Å²) in [5.74, 6) is 0.747. The van der Waals surface area contributed by atoms with Gasteiger partial charge in [0.05, 0.1) is 25.4 Å². The standard InChI is InChI=1S/C20H28N2O3/c23-19-14-25-13-18(19)21-6-3-7-22(9-8-21)20(24)12-15-10-16-4-1-2-5-17(16)11-15/h1-2,4-5,15,18-19,23H,3,6-14H2/t18-,19-/m1/s1. The predicted molar refractivity (Wildman–Crippen MR) is 95.3 cm³/mol. The zero-order valence-corrected chi connectivity index (χ0v) is 14.8. The topological polar surface area (TPSA) is 53.0 Å². The fraction of sp³-hybridized carbons (Fsp3) is 0.650. The summed E-state index contributed by atoms with van der Waals surface area (Å²) in [6, 6.07) is 8.66. The SMILES string of the molecule is O=C(CC1Cc2ccccc2C1)N1CCCN([C@@H]2COC[C@H]2O)CC1. The molecule has 1 aromatic carbocycles. The van der Waals surface area contributed by atoms with E-state index in [1.54, 1.807) is 0 Å². The van der Waals surface area contributed by atoms with Gasteiger partial charge in [0.2, 0.25) is 5.91 Å². The molecule has 0 saturated carbocycles. The minimum Gasteiger partial charge on any atom is -0.389 e. The van der Waals surface area contributed by atoms with Gasteiger partial charge < -0.3 is 14.7 Å². The number of aliphatic hydroxyl groups is 1. The van der Waals surface area contributed by atoms with E-state index in [0.29, 0.717) is 31.5 Å². The Hall–Kier alpha value is -1.43. The van der Waals surface area contributed by atoms with Crippen molar-refractivity contribution in [3.8, 4) is 0 Å². The maximum Gasteiger partial charge on any atom is 0.222 e. The van der Waals surface area contributed by atoms with Gasteiger partial charge in [-0.1, -0.05) is 24.3 Å². The molecule has 2 heterocycles. The van der Waals surface area contributed by atoms with Crippen molar-refractivity contribution in [1.29, 1.82) is 0 Å². The van der Waals surface area contributed by atoms with Crippen LogP contribution in [0.5, 0.6) is 0 Å². The van der Waals surface area contributed by atoms with Crippen LogP contribution in [0, 0.1) is 5.92 Å². The third-order valence-electron chi connectivity index (χ3n) is 5.97. The molecule has 25 heavy (non-hydrogen) atoms. The summed E-state index contributed by atoms with van der Waals surface area (Å²) in [5, 5.41) is 10.0. The predicted octanol–water partition coefficient (Wildman–Crippen LogP) is 1.09. The number of fused-ring (bicyclic) bond motifs is 1. The van der Waals surface area contributed by atoms with Gasteiger partial charge in [0, 0.05) is 32.6 Å². The normalized spacial score (nSPS) is 28.1. The van der Waals surface area contributed by atoms with Crippen molar-refractivity contribution in [2.45, 2.75) is 37.8 Å². The molecule has 3 aliphatic rings. The van der Waals surface area contributed by atoms with Crippen molar-refractivity contribution < 1.29 is 14.6 Å². The molecule has 1 N–H and O–H groups in total. The van der Waals surface area contributed by atoms with E-state index in [1.165, 1.54) is 11.1 Å². The Morgan fingerprint density at radius 3 is 2.52 bits per heavy atom. The van der Waals surface area contributed by atoms with Crippen LogP contribution >= 0.6 is 0 Å². The highest BCUT2D eigenvalue weighted by molar-refractivity contribution is 5.76. The number of hydrogen-bond acceptors (Lipinski definition) is 4. The summed E-state index contributed by atoms with van der Waals surface area (Å²) < 4.78 is 5.38. The largest absolute Gasteiger partial charge is 0.389 e. The fourth-order valence-electron chi connectivity index (χ4n) is 4.57. The number of ether oxygens (including phenoxy) is 1. The summed E-state index contributed by atoms with van der Waals surface area (Å²) >= 11 is 0. The monoisotopic (exact) mass is 344 g/mol. The van der Waals surface area contributed by atoms with Crippen molar-refractivity contribution in [2.24, 2.45) is 5.92 Å². The van der Waals surface area contributed by atoms with E-state index >= 15 is 0 Å². The van der Waals surface area contributed by atoms with Crippen molar-refractivity contribution in [1.82, 2.24) is 9.80 Å². The number of carbonyl (C=O) groups is 1. The van der Waals surface area contributed by atoms with E-state index in [2.05, 4.69) is 29.2 Å². The molecular weight excluding hydrogens is 316 g/mol. The maximum absolute atomic E-state index is 12.8. The van der Waals surface area contributed by atoms with Gasteiger partial charge in [-0.3, -0.25) is 9.69 Å². The highest BCUT2D eigenvalue weighted by atomic mass is 16.5. The molecule has 2 aliphatic heterocycles. The zero-order chi connectivity index (χ0) is 17.2. The summed E-state index contributed by atoms with van der Waals surface area (Å²) in [7, 11) is 0. The van der Waals surface area contributed by atoms with E-state index in [-0.39, 0.29) is 12.1 Å². The van der Waals surface area contributed by atoms with Gasteiger partial charge in [0.1, 0.15) is 0 Å². The van der Waals surface area contributed by atoms with Crippen LogP contribution in [0.3, 0.4) is 0 Å². The van der Waals surface area contributed by atoms with Crippen molar-refractivity contribution in [3.63, 3.8) is 0 Å². The van der Waals surface area contributed by atoms with Crippen molar-refractivity contribution in [3.05, 3.63) is 35.4 Å². The first-order valence-electron chi connectivity index (χ1n) is 9.55. The number of benzene rings is 1. The van der Waals surface area contributed by atoms with Gasteiger partial charge >= 0.3 is 0 Å². The number of nitrogens with zero attached hydrogens (tertiary/aromatic N) is 2. The van der Waals surface area contributed by atoms with Crippen LogP contribution in [-0.2, 0) is 22.4 Å². The second-order valence-corrected chi connectivity index (χ2v) is 7.69. The van der Waals surface area contributed by atoms with Crippen LogP contribution < -0.4 is 0 Å². The molecule has 5 heteroatoms. The number of aliphatic hydroxyl groups excluding tert-OH is 1. The lowest BCUT2D eigenvalue weighted by atomic mass is 10.0. The molecule has 1 amide bonds. The average Bonchev–Trinajstić information content (AvgIpc) is 3.12. The number of amides is 1. The molecule has 0 radical (unpaired) electrons. The van der Waals surface area contributed by atoms with Gasteiger partial charge in [-0.2, -0.15) is 0 Å². The lowest BCUT2D eigenvalue weighted by Crippen LogP contribution is -2.45. The molecule has 0 bridgehead atoms. The van der Waals surface area contributed by atoms with Crippen molar-refractivity contribution >= 4 is 5.91 Å². The molecule has 0 spiro atoms. The molecule has 0 aromatic heterocycles. The molecule has 0 unspecified atom stereocenters. The molecule has 136 valence electrons. The second-order valence-electron chi connectivity index (χ2n) is 7.69. The summed E-state index contributed by atoms with van der Waals surface area (Å²) in [5.41, 5.74) is 2.83. The van der Waals surface area contributed by atoms with E-state index < -0.39 is 0 Å². The quantitative estimate of drug-likeness (QED) is 0.892. The molecule has 5 nitrogen and oxygen atoms in total. The van der Waals surface area contributed by atoms with Crippen LogP contribution in [0.4, 0.5) is 0 Å². The van der Waals surface area contributed by atoms with Gasteiger partial charge in [0.25, 0.3) is 0 Å². The second kappa shape index (κ2) is 7.44. The Morgan fingerprint density at radius 1 is 1.08 bits per heavy atom. The number of carbonyl (C=O) groups excluding carboxylic acids is 1. The average molecular weight is 344 g/mol. The minimum absolute atomic E-state index is 0.0967. The lowest BCUT2D eigenvalue weighted by Gasteiger charge is -2.28. The summed E-state index contributed by atoms with van der Waals surface area (Å²) in [6.45, 7) is 4.41.